The molecule has 1 aliphatic rings. The average Bonchev–Trinajstić information content (AvgIpc) is 3.09. The van der Waals surface area contributed by atoms with Gasteiger partial charge in [0.25, 0.3) is 0 Å². The first-order valence-electron chi connectivity index (χ1n) is 16.4. The molecule has 0 unspecified atom stereocenters. The molecule has 0 radical (unpaired) electrons. The first-order valence-corrected chi connectivity index (χ1v) is 16.4. The zero-order chi connectivity index (χ0) is 32.5. The van der Waals surface area contributed by atoms with Crippen LogP contribution in [0.25, 0.3) is 22.3 Å². The lowest BCUT2D eigenvalue weighted by Gasteiger charge is -2.32. The summed E-state index contributed by atoms with van der Waals surface area (Å²) in [6.45, 7) is 6.77. The third kappa shape index (κ3) is 8.03. The Morgan fingerprint density at radius 1 is 0.804 bits per heavy atom. The number of benzene rings is 3. The Balaban J connectivity index is 1.08. The van der Waals surface area contributed by atoms with E-state index in [0.29, 0.717) is 28.2 Å². The van der Waals surface area contributed by atoms with Crippen LogP contribution >= 0.6 is 0 Å². The summed E-state index contributed by atoms with van der Waals surface area (Å²) < 4.78 is 22.7. The zero-order valence-electron chi connectivity index (χ0n) is 28.1. The quantitative estimate of drug-likeness (QED) is 0.131. The number of likely N-dealkylation sites (tertiary alicyclic amines) is 1. The number of anilines is 1. The van der Waals surface area contributed by atoms with Crippen molar-refractivity contribution in [3.8, 4) is 28.6 Å². The highest BCUT2D eigenvalue weighted by Crippen LogP contribution is 2.39. The maximum absolute atomic E-state index is 13.3. The molecular formula is C38H49N3O5. The van der Waals surface area contributed by atoms with E-state index in [2.05, 4.69) is 71.3 Å². The van der Waals surface area contributed by atoms with E-state index in [0.717, 1.165) is 43.2 Å². The standard InChI is InChI=1S/C38H49N3O5/c1-39(24-19-28-20-25-41(26-21-28)27-29-11-7-6-8-12-29)22-9-10-23-40(2)31-15-13-30(14-16-31)35-38(45-5)34(42)32-17-18-33(43-3)37(44-4)36(32)46-35/h6-8,11-18,28H,9-10,19-27H2,1-5H3. The third-order valence-corrected chi connectivity index (χ3v) is 9.29. The maximum atomic E-state index is 13.3. The van der Waals surface area contributed by atoms with E-state index in [9.17, 15) is 4.79 Å². The van der Waals surface area contributed by atoms with E-state index in [1.165, 1.54) is 65.1 Å². The van der Waals surface area contributed by atoms with Crippen molar-refractivity contribution >= 4 is 16.7 Å². The number of piperidine rings is 1. The monoisotopic (exact) mass is 627 g/mol. The van der Waals surface area contributed by atoms with Crippen molar-refractivity contribution in [3.63, 3.8) is 0 Å². The number of ether oxygens (including phenoxy) is 3. The Morgan fingerprint density at radius 2 is 1.50 bits per heavy atom. The summed E-state index contributed by atoms with van der Waals surface area (Å²) in [6, 6.07) is 22.2. The van der Waals surface area contributed by atoms with Crippen LogP contribution in [0.3, 0.4) is 0 Å². The van der Waals surface area contributed by atoms with Crippen molar-refractivity contribution in [2.24, 2.45) is 5.92 Å². The van der Waals surface area contributed by atoms with Gasteiger partial charge in [-0.1, -0.05) is 30.3 Å². The van der Waals surface area contributed by atoms with Crippen LogP contribution < -0.4 is 24.5 Å². The van der Waals surface area contributed by atoms with Gasteiger partial charge in [-0.3, -0.25) is 9.69 Å². The summed E-state index contributed by atoms with van der Waals surface area (Å²) in [5.41, 5.74) is 3.36. The molecule has 46 heavy (non-hydrogen) atoms. The second-order valence-electron chi connectivity index (χ2n) is 12.4. The van der Waals surface area contributed by atoms with Gasteiger partial charge in [0.15, 0.2) is 17.1 Å². The summed E-state index contributed by atoms with van der Waals surface area (Å²) in [4.78, 5) is 20.7. The molecule has 2 heterocycles. The summed E-state index contributed by atoms with van der Waals surface area (Å²) in [7, 11) is 8.95. The fraction of sp³-hybridized carbons (Fsp3) is 0.447. The van der Waals surface area contributed by atoms with Crippen molar-refractivity contribution < 1.29 is 18.6 Å². The second kappa shape index (κ2) is 16.0. The van der Waals surface area contributed by atoms with Crippen molar-refractivity contribution in [3.05, 3.63) is 82.5 Å². The van der Waals surface area contributed by atoms with E-state index >= 15 is 0 Å². The van der Waals surface area contributed by atoms with E-state index in [1.54, 1.807) is 19.2 Å². The Bertz CT molecular complexity index is 1600. The molecule has 0 amide bonds. The minimum atomic E-state index is -0.255. The topological polar surface area (TPSA) is 67.6 Å². The lowest BCUT2D eigenvalue weighted by Crippen LogP contribution is -2.34. The Kier molecular flexibility index (Phi) is 11.6. The van der Waals surface area contributed by atoms with Crippen LogP contribution in [0, 0.1) is 5.92 Å². The molecule has 0 atom stereocenters. The number of rotatable bonds is 15. The average molecular weight is 628 g/mol. The summed E-state index contributed by atoms with van der Waals surface area (Å²) >= 11 is 0. The van der Waals surface area contributed by atoms with Gasteiger partial charge < -0.3 is 28.4 Å². The fourth-order valence-corrected chi connectivity index (χ4v) is 6.44. The Morgan fingerprint density at radius 3 is 2.17 bits per heavy atom. The van der Waals surface area contributed by atoms with Gasteiger partial charge in [-0.2, -0.15) is 0 Å². The van der Waals surface area contributed by atoms with Gasteiger partial charge in [0.2, 0.25) is 16.9 Å². The van der Waals surface area contributed by atoms with Crippen molar-refractivity contribution in [1.29, 1.82) is 0 Å². The normalized spacial score (nSPS) is 14.1. The van der Waals surface area contributed by atoms with Crippen LogP contribution in [0.2, 0.25) is 0 Å². The molecule has 0 bridgehead atoms. The van der Waals surface area contributed by atoms with Crippen LogP contribution in [-0.2, 0) is 6.54 Å². The molecule has 0 saturated carbocycles. The molecule has 0 aliphatic carbocycles. The fourth-order valence-electron chi connectivity index (χ4n) is 6.44. The Hall–Kier alpha value is -4.01. The van der Waals surface area contributed by atoms with E-state index in [4.69, 9.17) is 18.6 Å². The summed E-state index contributed by atoms with van der Waals surface area (Å²) in [5.74, 6) is 2.24. The van der Waals surface area contributed by atoms with Crippen LogP contribution in [-0.4, -0.2) is 77.9 Å². The molecule has 8 nitrogen and oxygen atoms in total. The van der Waals surface area contributed by atoms with E-state index < -0.39 is 0 Å². The molecule has 1 saturated heterocycles. The number of methoxy groups -OCH3 is 3. The number of fused-ring (bicyclic) bond motifs is 1. The molecule has 1 fully saturated rings. The number of nitrogens with zero attached hydrogens (tertiary/aromatic N) is 3. The number of hydrogen-bond acceptors (Lipinski definition) is 8. The van der Waals surface area contributed by atoms with E-state index in [1.807, 2.05) is 12.1 Å². The summed E-state index contributed by atoms with van der Waals surface area (Å²) in [5, 5.41) is 0.375. The highest BCUT2D eigenvalue weighted by atomic mass is 16.5. The first-order chi connectivity index (χ1) is 22.4. The highest BCUT2D eigenvalue weighted by Gasteiger charge is 2.22. The van der Waals surface area contributed by atoms with Gasteiger partial charge in [-0.15, -0.1) is 0 Å². The number of hydrogen-bond donors (Lipinski definition) is 0. The molecule has 4 aromatic rings. The van der Waals surface area contributed by atoms with Crippen molar-refractivity contribution in [2.75, 3.05) is 73.0 Å². The molecule has 0 N–H and O–H groups in total. The first kappa shape index (κ1) is 33.4. The maximum Gasteiger partial charge on any atom is 0.235 e. The van der Waals surface area contributed by atoms with Crippen LogP contribution in [0.4, 0.5) is 5.69 Å². The predicted octanol–water partition coefficient (Wildman–Crippen LogP) is 6.94. The van der Waals surface area contributed by atoms with Gasteiger partial charge in [0, 0.05) is 31.4 Å². The second-order valence-corrected chi connectivity index (χ2v) is 12.4. The smallest absolute Gasteiger partial charge is 0.235 e. The van der Waals surface area contributed by atoms with Crippen molar-refractivity contribution in [2.45, 2.75) is 38.6 Å². The van der Waals surface area contributed by atoms with E-state index in [-0.39, 0.29) is 11.2 Å². The van der Waals surface area contributed by atoms with Gasteiger partial charge in [0.1, 0.15) is 0 Å². The van der Waals surface area contributed by atoms with Crippen LogP contribution in [0.1, 0.15) is 37.7 Å². The minimum Gasteiger partial charge on any atom is -0.493 e. The molecule has 246 valence electrons. The number of unbranched alkanes of at least 4 members (excludes halogenated alkanes) is 1. The molecule has 1 aromatic heterocycles. The molecular weight excluding hydrogens is 578 g/mol. The van der Waals surface area contributed by atoms with Crippen molar-refractivity contribution in [1.82, 2.24) is 9.80 Å². The molecule has 1 aliphatic heterocycles. The minimum absolute atomic E-state index is 0.165. The largest absolute Gasteiger partial charge is 0.493 e. The highest BCUT2D eigenvalue weighted by molar-refractivity contribution is 5.88. The molecule has 3 aromatic carbocycles. The molecule has 5 rings (SSSR count). The lowest BCUT2D eigenvalue weighted by molar-refractivity contribution is 0.162. The van der Waals surface area contributed by atoms with Gasteiger partial charge in [0.05, 0.1) is 26.7 Å². The molecule has 8 heteroatoms. The summed E-state index contributed by atoms with van der Waals surface area (Å²) in [6.07, 6.45) is 6.21. The van der Waals surface area contributed by atoms with Gasteiger partial charge in [-0.25, -0.2) is 0 Å². The third-order valence-electron chi connectivity index (χ3n) is 9.29. The predicted molar refractivity (Wildman–Crippen MR) is 187 cm³/mol. The van der Waals surface area contributed by atoms with Crippen LogP contribution in [0.5, 0.6) is 17.2 Å². The zero-order valence-corrected chi connectivity index (χ0v) is 28.1. The lowest BCUT2D eigenvalue weighted by atomic mass is 9.93. The molecule has 0 spiro atoms. The van der Waals surface area contributed by atoms with Crippen LogP contribution in [0.15, 0.2) is 75.9 Å². The SMILES string of the molecule is COc1ccc2c(=O)c(OC)c(-c3ccc(N(C)CCCCN(C)CCC4CCN(Cc5ccccc5)CC4)cc3)oc2c1OC. The van der Waals surface area contributed by atoms with Gasteiger partial charge in [-0.05, 0) is 113 Å². The Labute approximate surface area is 273 Å². The van der Waals surface area contributed by atoms with Gasteiger partial charge >= 0.3 is 0 Å².